The van der Waals surface area contributed by atoms with Crippen molar-refractivity contribution in [2.45, 2.75) is 11.7 Å². The molecule has 1 atom stereocenters. The van der Waals surface area contributed by atoms with Gasteiger partial charge in [0.2, 0.25) is 0 Å². The van der Waals surface area contributed by atoms with Crippen molar-refractivity contribution in [3.05, 3.63) is 0 Å². The number of methoxy groups -OCH3 is 3. The molecule has 0 aliphatic heterocycles. The van der Waals surface area contributed by atoms with Gasteiger partial charge in [-0.2, -0.15) is 0 Å². The van der Waals surface area contributed by atoms with E-state index in [0.717, 1.165) is 26.0 Å². The van der Waals surface area contributed by atoms with Gasteiger partial charge in [0.05, 0.1) is 21.3 Å². The maximum atomic E-state index is 11.7. The molecule has 0 aromatic heterocycles. The largest absolute Gasteiger partial charge is 0.468 e. The van der Waals surface area contributed by atoms with Crippen molar-refractivity contribution in [3.8, 4) is 0 Å². The zero-order valence-corrected chi connectivity index (χ0v) is 11.3. The van der Waals surface area contributed by atoms with Crippen LogP contribution < -0.4 is 0 Å². The second kappa shape index (κ2) is 6.48. The molecule has 0 N–H and O–H groups in total. The van der Waals surface area contributed by atoms with Crippen LogP contribution >= 0.6 is 11.8 Å². The van der Waals surface area contributed by atoms with Gasteiger partial charge >= 0.3 is 17.9 Å². The first-order chi connectivity index (χ1) is 7.88. The summed E-state index contributed by atoms with van der Waals surface area (Å²) in [5.41, 5.74) is 0. The molecule has 7 heteroatoms. The van der Waals surface area contributed by atoms with E-state index in [1.54, 1.807) is 6.26 Å². The van der Waals surface area contributed by atoms with E-state index in [1.807, 2.05) is 0 Å². The van der Waals surface area contributed by atoms with Gasteiger partial charge in [-0.15, -0.1) is 11.8 Å². The van der Waals surface area contributed by atoms with Crippen LogP contribution in [0, 0.1) is 5.92 Å². The van der Waals surface area contributed by atoms with Gasteiger partial charge in [-0.3, -0.25) is 14.4 Å². The van der Waals surface area contributed by atoms with Gasteiger partial charge in [0.15, 0.2) is 5.92 Å². The molecular formula is C10H16O6S. The fourth-order valence-corrected chi connectivity index (χ4v) is 1.98. The predicted molar refractivity (Wildman–Crippen MR) is 61.5 cm³/mol. The fourth-order valence-electron chi connectivity index (χ4n) is 1.30. The summed E-state index contributed by atoms with van der Waals surface area (Å²) in [6.07, 6.45) is 1.59. The van der Waals surface area contributed by atoms with Crippen molar-refractivity contribution < 1.29 is 28.6 Å². The first kappa shape index (κ1) is 15.8. The van der Waals surface area contributed by atoms with Crippen molar-refractivity contribution in [3.63, 3.8) is 0 Å². The summed E-state index contributed by atoms with van der Waals surface area (Å²) in [6.45, 7) is 1.43. The third kappa shape index (κ3) is 3.12. The molecule has 0 fully saturated rings. The Balaban J connectivity index is 5.46. The van der Waals surface area contributed by atoms with Crippen LogP contribution in [0.15, 0.2) is 0 Å². The van der Waals surface area contributed by atoms with Gasteiger partial charge < -0.3 is 14.2 Å². The Bertz CT molecular complexity index is 300. The molecule has 0 aromatic rings. The number of hydrogen-bond acceptors (Lipinski definition) is 7. The van der Waals surface area contributed by atoms with Crippen LogP contribution in [0.1, 0.15) is 6.92 Å². The number of carbonyl (C=O) groups is 3. The molecule has 0 rings (SSSR count). The summed E-state index contributed by atoms with van der Waals surface area (Å²) in [7, 11) is 3.45. The summed E-state index contributed by atoms with van der Waals surface area (Å²) in [4.78, 5) is 34.9. The Morgan fingerprint density at radius 3 is 1.65 bits per heavy atom. The lowest BCUT2D eigenvalue weighted by atomic mass is 9.93. The highest BCUT2D eigenvalue weighted by Crippen LogP contribution is 2.34. The number of ether oxygens (including phenoxy) is 3. The van der Waals surface area contributed by atoms with E-state index >= 15 is 0 Å². The molecule has 6 nitrogen and oxygen atoms in total. The van der Waals surface area contributed by atoms with Gasteiger partial charge in [-0.1, -0.05) is 0 Å². The highest BCUT2D eigenvalue weighted by Gasteiger charge is 2.51. The molecule has 0 saturated heterocycles. The van der Waals surface area contributed by atoms with Crippen LogP contribution in [-0.4, -0.2) is 50.2 Å². The van der Waals surface area contributed by atoms with Crippen LogP contribution in [0.5, 0.6) is 0 Å². The van der Waals surface area contributed by atoms with Crippen LogP contribution in [0.25, 0.3) is 0 Å². The zero-order chi connectivity index (χ0) is 13.6. The van der Waals surface area contributed by atoms with Crippen LogP contribution in [0.2, 0.25) is 0 Å². The Kier molecular flexibility index (Phi) is 6.01. The topological polar surface area (TPSA) is 78.9 Å². The summed E-state index contributed by atoms with van der Waals surface area (Å²) in [6, 6.07) is 0. The zero-order valence-electron chi connectivity index (χ0n) is 10.4. The SMILES string of the molecule is COC(=O)C(C(=O)OC)C(C)(SC)C(=O)OC. The number of hydrogen-bond donors (Lipinski definition) is 0. The Morgan fingerprint density at radius 1 is 1.00 bits per heavy atom. The number of thioether (sulfide) groups is 1. The van der Waals surface area contributed by atoms with Crippen molar-refractivity contribution >= 4 is 29.7 Å². The standard InChI is InChI=1S/C10H16O6S/c1-10(17-5,9(13)16-4)6(7(11)14-2)8(12)15-3/h6H,1-5H3. The second-order valence-electron chi connectivity index (χ2n) is 3.28. The average molecular weight is 264 g/mol. The quantitative estimate of drug-likeness (QED) is 0.400. The minimum absolute atomic E-state index is 0.689. The second-order valence-corrected chi connectivity index (χ2v) is 4.54. The minimum Gasteiger partial charge on any atom is -0.468 e. The van der Waals surface area contributed by atoms with Crippen molar-refractivity contribution in [2.24, 2.45) is 5.92 Å². The van der Waals surface area contributed by atoms with E-state index in [1.165, 1.54) is 14.0 Å². The summed E-state index contributed by atoms with van der Waals surface area (Å²) < 4.78 is 12.3. The van der Waals surface area contributed by atoms with E-state index in [9.17, 15) is 14.4 Å². The molecule has 0 aliphatic rings. The molecule has 0 heterocycles. The van der Waals surface area contributed by atoms with E-state index in [4.69, 9.17) is 0 Å². The Labute approximate surface area is 104 Å². The lowest BCUT2D eigenvalue weighted by Crippen LogP contribution is -2.49. The number of esters is 3. The fraction of sp³-hybridized carbons (Fsp3) is 0.700. The Hall–Kier alpha value is -1.24. The number of rotatable bonds is 5. The molecule has 0 saturated carbocycles. The van der Waals surface area contributed by atoms with Crippen molar-refractivity contribution in [1.29, 1.82) is 0 Å². The molecule has 98 valence electrons. The van der Waals surface area contributed by atoms with Gasteiger partial charge in [-0.05, 0) is 13.2 Å². The highest BCUT2D eigenvalue weighted by molar-refractivity contribution is 8.00. The van der Waals surface area contributed by atoms with Gasteiger partial charge in [0, 0.05) is 0 Å². The number of carbonyl (C=O) groups excluding carboxylic acids is 3. The van der Waals surface area contributed by atoms with Crippen molar-refractivity contribution in [1.82, 2.24) is 0 Å². The first-order valence-electron chi connectivity index (χ1n) is 4.68. The van der Waals surface area contributed by atoms with E-state index in [2.05, 4.69) is 14.2 Å². The van der Waals surface area contributed by atoms with Crippen LogP contribution in [0.4, 0.5) is 0 Å². The highest BCUT2D eigenvalue weighted by atomic mass is 32.2. The normalized spacial score (nSPS) is 13.8. The van der Waals surface area contributed by atoms with E-state index < -0.39 is 28.6 Å². The summed E-state index contributed by atoms with van der Waals surface area (Å²) >= 11 is 1.02. The first-order valence-corrected chi connectivity index (χ1v) is 5.90. The molecule has 1 unspecified atom stereocenters. The van der Waals surface area contributed by atoms with Crippen LogP contribution in [0.3, 0.4) is 0 Å². The molecule has 0 radical (unpaired) electrons. The van der Waals surface area contributed by atoms with Gasteiger partial charge in [-0.25, -0.2) is 0 Å². The molecule has 17 heavy (non-hydrogen) atoms. The predicted octanol–water partition coefficient (Wildman–Crippen LogP) is 0.243. The molecular weight excluding hydrogens is 248 g/mol. The third-order valence-corrected chi connectivity index (χ3v) is 3.69. The lowest BCUT2D eigenvalue weighted by molar-refractivity contribution is -0.165. The molecule has 0 bridgehead atoms. The molecule has 0 amide bonds. The van der Waals surface area contributed by atoms with Gasteiger partial charge in [0.25, 0.3) is 0 Å². The lowest BCUT2D eigenvalue weighted by Gasteiger charge is -2.29. The van der Waals surface area contributed by atoms with Gasteiger partial charge in [0.1, 0.15) is 4.75 Å². The van der Waals surface area contributed by atoms with E-state index in [0.29, 0.717) is 0 Å². The average Bonchev–Trinajstić information content (AvgIpc) is 2.36. The van der Waals surface area contributed by atoms with Crippen LogP contribution in [-0.2, 0) is 28.6 Å². The van der Waals surface area contributed by atoms with Crippen molar-refractivity contribution in [2.75, 3.05) is 27.6 Å². The maximum Gasteiger partial charge on any atom is 0.323 e. The van der Waals surface area contributed by atoms with E-state index in [-0.39, 0.29) is 0 Å². The summed E-state index contributed by atoms with van der Waals surface area (Å²) in [5.74, 6) is -3.72. The monoisotopic (exact) mass is 264 g/mol. The minimum atomic E-state index is -1.38. The third-order valence-electron chi connectivity index (χ3n) is 2.44. The maximum absolute atomic E-state index is 11.7. The molecule has 0 spiro atoms. The Morgan fingerprint density at radius 2 is 1.41 bits per heavy atom. The molecule has 0 aliphatic carbocycles. The smallest absolute Gasteiger partial charge is 0.323 e. The summed E-state index contributed by atoms with van der Waals surface area (Å²) in [5, 5.41) is 0. The molecule has 0 aromatic carbocycles.